The largest absolute Gasteiger partial charge is 0.379 e. The van der Waals surface area contributed by atoms with Gasteiger partial charge in [0.25, 0.3) is 0 Å². The molecule has 0 amide bonds. The lowest BCUT2D eigenvalue weighted by Gasteiger charge is -2.06. The third-order valence-electron chi connectivity index (χ3n) is 2.05. The molecule has 2 heterocycles. The van der Waals surface area contributed by atoms with E-state index in [4.69, 9.17) is 11.2 Å². The van der Waals surface area contributed by atoms with Gasteiger partial charge in [-0.2, -0.15) is 5.10 Å². The first-order chi connectivity index (χ1) is 5.90. The molecule has 1 atom stereocenters. The van der Waals surface area contributed by atoms with Crippen LogP contribution in [0.2, 0.25) is 0 Å². The lowest BCUT2D eigenvalue weighted by atomic mass is 10.3. The summed E-state index contributed by atoms with van der Waals surface area (Å²) in [7, 11) is 0. The maximum Gasteiger partial charge on any atom is 0.0775 e. The maximum atomic E-state index is 5.24. The van der Waals surface area contributed by atoms with E-state index in [2.05, 4.69) is 11.0 Å². The fraction of sp³-hybridized carbons (Fsp3) is 0.444. The standard InChI is InChI=1S/C9H10N2O/c1-2-8-5-10-11(6-8)9-3-4-12-7-9/h1,5-6,9H,3-4,7H2/t9-/m1/s1. The van der Waals surface area contributed by atoms with Gasteiger partial charge in [0.2, 0.25) is 0 Å². The van der Waals surface area contributed by atoms with E-state index in [1.807, 2.05) is 10.9 Å². The van der Waals surface area contributed by atoms with E-state index >= 15 is 0 Å². The van der Waals surface area contributed by atoms with Crippen molar-refractivity contribution in [2.24, 2.45) is 0 Å². The van der Waals surface area contributed by atoms with Crippen LogP contribution in [-0.4, -0.2) is 23.0 Å². The average Bonchev–Trinajstić information content (AvgIpc) is 2.75. The molecule has 0 spiro atoms. The van der Waals surface area contributed by atoms with Crippen LogP contribution < -0.4 is 0 Å². The number of hydrogen-bond acceptors (Lipinski definition) is 2. The summed E-state index contributed by atoms with van der Waals surface area (Å²) in [5.41, 5.74) is 0.835. The van der Waals surface area contributed by atoms with Gasteiger partial charge in [0.05, 0.1) is 24.4 Å². The minimum atomic E-state index is 0.382. The predicted molar refractivity (Wildman–Crippen MR) is 44.6 cm³/mol. The zero-order valence-electron chi connectivity index (χ0n) is 6.73. The van der Waals surface area contributed by atoms with Crippen LogP contribution in [0.25, 0.3) is 0 Å². The monoisotopic (exact) mass is 162 g/mol. The van der Waals surface area contributed by atoms with E-state index in [1.165, 1.54) is 0 Å². The summed E-state index contributed by atoms with van der Waals surface area (Å²) in [6.45, 7) is 1.58. The second kappa shape index (κ2) is 3.00. The predicted octanol–water partition coefficient (Wildman–Crippen LogP) is 0.826. The molecule has 12 heavy (non-hydrogen) atoms. The topological polar surface area (TPSA) is 27.1 Å². The molecule has 1 aliphatic heterocycles. The summed E-state index contributed by atoms with van der Waals surface area (Å²) in [5.74, 6) is 2.55. The quantitative estimate of drug-likeness (QED) is 0.572. The number of nitrogens with zero attached hydrogens (tertiary/aromatic N) is 2. The lowest BCUT2D eigenvalue weighted by Crippen LogP contribution is -2.08. The Morgan fingerprint density at radius 2 is 2.67 bits per heavy atom. The highest BCUT2D eigenvalue weighted by molar-refractivity contribution is 5.26. The molecule has 0 aromatic carbocycles. The molecule has 1 fully saturated rings. The summed E-state index contributed by atoms with van der Waals surface area (Å²) in [6.07, 6.45) is 9.86. The van der Waals surface area contributed by atoms with Crippen LogP contribution in [0, 0.1) is 12.3 Å². The van der Waals surface area contributed by atoms with Crippen molar-refractivity contribution in [2.75, 3.05) is 13.2 Å². The van der Waals surface area contributed by atoms with E-state index in [0.717, 1.165) is 25.2 Å². The second-order valence-corrected chi connectivity index (χ2v) is 2.87. The molecule has 1 saturated heterocycles. The molecule has 0 radical (unpaired) electrons. The minimum Gasteiger partial charge on any atom is -0.379 e. The van der Waals surface area contributed by atoms with Crippen molar-refractivity contribution in [2.45, 2.75) is 12.5 Å². The smallest absolute Gasteiger partial charge is 0.0775 e. The summed E-state index contributed by atoms with van der Waals surface area (Å²) in [6, 6.07) is 0.382. The first kappa shape index (κ1) is 7.38. The van der Waals surface area contributed by atoms with Crippen molar-refractivity contribution in [3.05, 3.63) is 18.0 Å². The molecule has 0 saturated carbocycles. The zero-order valence-corrected chi connectivity index (χ0v) is 6.73. The normalized spacial score (nSPS) is 22.4. The van der Waals surface area contributed by atoms with Gasteiger partial charge in [-0.3, -0.25) is 4.68 Å². The highest BCUT2D eigenvalue weighted by Gasteiger charge is 2.17. The molecule has 0 bridgehead atoms. The van der Waals surface area contributed by atoms with Crippen LogP contribution in [0.4, 0.5) is 0 Å². The van der Waals surface area contributed by atoms with Gasteiger partial charge in [-0.25, -0.2) is 0 Å². The van der Waals surface area contributed by atoms with E-state index < -0.39 is 0 Å². The Kier molecular flexibility index (Phi) is 1.84. The van der Waals surface area contributed by atoms with Crippen LogP contribution in [0.1, 0.15) is 18.0 Å². The molecule has 3 nitrogen and oxygen atoms in total. The Bertz CT molecular complexity index is 305. The highest BCUT2D eigenvalue weighted by atomic mass is 16.5. The van der Waals surface area contributed by atoms with Crippen LogP contribution in [0.5, 0.6) is 0 Å². The van der Waals surface area contributed by atoms with Crippen molar-refractivity contribution >= 4 is 0 Å². The Labute approximate surface area is 71.3 Å². The van der Waals surface area contributed by atoms with Crippen molar-refractivity contribution in [1.82, 2.24) is 9.78 Å². The first-order valence-corrected chi connectivity index (χ1v) is 3.98. The second-order valence-electron chi connectivity index (χ2n) is 2.87. The SMILES string of the molecule is C#Cc1cnn([C@@H]2CCOC2)c1. The Morgan fingerprint density at radius 3 is 3.25 bits per heavy atom. The van der Waals surface area contributed by atoms with Gasteiger partial charge in [0.1, 0.15) is 0 Å². The van der Waals surface area contributed by atoms with E-state index in [-0.39, 0.29) is 0 Å². The van der Waals surface area contributed by atoms with E-state index in [9.17, 15) is 0 Å². The molecular formula is C9H10N2O. The van der Waals surface area contributed by atoms with Gasteiger partial charge in [-0.1, -0.05) is 5.92 Å². The molecule has 2 rings (SSSR count). The van der Waals surface area contributed by atoms with Crippen LogP contribution in [0.15, 0.2) is 12.4 Å². The van der Waals surface area contributed by atoms with Crippen LogP contribution >= 0.6 is 0 Å². The number of ether oxygens (including phenoxy) is 1. The molecule has 0 unspecified atom stereocenters. The van der Waals surface area contributed by atoms with Gasteiger partial charge < -0.3 is 4.74 Å². The molecular weight excluding hydrogens is 152 g/mol. The third kappa shape index (κ3) is 1.21. The van der Waals surface area contributed by atoms with Crippen molar-refractivity contribution in [1.29, 1.82) is 0 Å². The van der Waals surface area contributed by atoms with Gasteiger partial charge in [-0.15, -0.1) is 6.42 Å². The molecule has 0 N–H and O–H groups in total. The number of rotatable bonds is 1. The summed E-state index contributed by atoms with van der Waals surface area (Å²) < 4.78 is 7.13. The summed E-state index contributed by atoms with van der Waals surface area (Å²) in [5, 5.41) is 4.16. The van der Waals surface area contributed by atoms with Crippen molar-refractivity contribution < 1.29 is 4.74 Å². The molecule has 62 valence electrons. The van der Waals surface area contributed by atoms with Crippen LogP contribution in [-0.2, 0) is 4.74 Å². The zero-order chi connectivity index (χ0) is 8.39. The fourth-order valence-electron chi connectivity index (χ4n) is 1.34. The molecule has 0 aliphatic carbocycles. The Balaban J connectivity index is 2.17. The number of hydrogen-bond donors (Lipinski definition) is 0. The Morgan fingerprint density at radius 1 is 1.75 bits per heavy atom. The van der Waals surface area contributed by atoms with E-state index in [1.54, 1.807) is 6.20 Å². The fourth-order valence-corrected chi connectivity index (χ4v) is 1.34. The summed E-state index contributed by atoms with van der Waals surface area (Å²) >= 11 is 0. The lowest BCUT2D eigenvalue weighted by molar-refractivity contribution is 0.184. The molecule has 1 aliphatic rings. The maximum absolute atomic E-state index is 5.24. The molecule has 1 aromatic heterocycles. The Hall–Kier alpha value is -1.27. The highest BCUT2D eigenvalue weighted by Crippen LogP contribution is 2.17. The number of terminal acetylenes is 1. The van der Waals surface area contributed by atoms with Gasteiger partial charge in [0.15, 0.2) is 0 Å². The van der Waals surface area contributed by atoms with E-state index in [0.29, 0.717) is 6.04 Å². The van der Waals surface area contributed by atoms with Gasteiger partial charge in [-0.05, 0) is 6.42 Å². The van der Waals surface area contributed by atoms with Gasteiger partial charge in [0, 0.05) is 12.8 Å². The third-order valence-corrected chi connectivity index (χ3v) is 2.05. The first-order valence-electron chi connectivity index (χ1n) is 3.98. The molecule has 1 aromatic rings. The number of aromatic nitrogens is 2. The van der Waals surface area contributed by atoms with Gasteiger partial charge >= 0.3 is 0 Å². The van der Waals surface area contributed by atoms with Crippen molar-refractivity contribution in [3.63, 3.8) is 0 Å². The van der Waals surface area contributed by atoms with Crippen molar-refractivity contribution in [3.8, 4) is 12.3 Å². The molecule has 3 heteroatoms. The summed E-state index contributed by atoms with van der Waals surface area (Å²) in [4.78, 5) is 0. The minimum absolute atomic E-state index is 0.382. The van der Waals surface area contributed by atoms with Crippen LogP contribution in [0.3, 0.4) is 0 Å². The average molecular weight is 162 g/mol.